The number of ether oxygens (including phenoxy) is 1. The predicted molar refractivity (Wildman–Crippen MR) is 110 cm³/mol. The summed E-state index contributed by atoms with van der Waals surface area (Å²) in [5.74, 6) is -2.81. The molecule has 154 valence electrons. The van der Waals surface area contributed by atoms with E-state index in [1.165, 1.54) is 42.5 Å². The van der Waals surface area contributed by atoms with Crippen molar-refractivity contribution in [3.8, 4) is 5.75 Å². The Morgan fingerprint density at radius 1 is 0.933 bits per heavy atom. The SMILES string of the molecule is C=CC1CCC(c2cc(F)c(C(=O)Oc3ccc4c(F)cccc4c3)c(F)c2)CC1. The van der Waals surface area contributed by atoms with Gasteiger partial charge in [-0.2, -0.15) is 0 Å². The van der Waals surface area contributed by atoms with Crippen LogP contribution in [0.15, 0.2) is 61.2 Å². The summed E-state index contributed by atoms with van der Waals surface area (Å²) in [6, 6.07) is 11.3. The lowest BCUT2D eigenvalue weighted by molar-refractivity contribution is 0.0724. The first kappa shape index (κ1) is 20.2. The van der Waals surface area contributed by atoms with E-state index in [-0.39, 0.29) is 11.7 Å². The molecule has 0 saturated heterocycles. The van der Waals surface area contributed by atoms with Gasteiger partial charge in [-0.3, -0.25) is 0 Å². The molecule has 3 aromatic rings. The number of hydrogen-bond acceptors (Lipinski definition) is 2. The zero-order chi connectivity index (χ0) is 21.3. The van der Waals surface area contributed by atoms with E-state index in [1.807, 2.05) is 6.08 Å². The second-order valence-corrected chi connectivity index (χ2v) is 7.72. The zero-order valence-electron chi connectivity index (χ0n) is 16.3. The van der Waals surface area contributed by atoms with Crippen LogP contribution in [0.4, 0.5) is 13.2 Å². The van der Waals surface area contributed by atoms with Crippen molar-refractivity contribution < 1.29 is 22.7 Å². The van der Waals surface area contributed by atoms with E-state index in [1.54, 1.807) is 6.07 Å². The maximum absolute atomic E-state index is 14.7. The topological polar surface area (TPSA) is 26.3 Å². The second-order valence-electron chi connectivity index (χ2n) is 7.72. The number of carbonyl (C=O) groups is 1. The van der Waals surface area contributed by atoms with Gasteiger partial charge in [0, 0.05) is 5.39 Å². The smallest absolute Gasteiger partial charge is 0.349 e. The molecule has 1 saturated carbocycles. The van der Waals surface area contributed by atoms with E-state index in [2.05, 4.69) is 6.58 Å². The molecule has 0 aliphatic heterocycles. The summed E-state index contributed by atoms with van der Waals surface area (Å²) in [6.07, 6.45) is 5.45. The minimum atomic E-state index is -1.12. The highest BCUT2D eigenvalue weighted by Gasteiger charge is 2.26. The van der Waals surface area contributed by atoms with Crippen molar-refractivity contribution in [1.82, 2.24) is 0 Å². The number of benzene rings is 3. The highest BCUT2D eigenvalue weighted by atomic mass is 19.1. The van der Waals surface area contributed by atoms with Crippen LogP contribution in [0.25, 0.3) is 10.8 Å². The van der Waals surface area contributed by atoms with Crippen molar-refractivity contribution >= 4 is 16.7 Å². The molecule has 1 fully saturated rings. The van der Waals surface area contributed by atoms with E-state index in [4.69, 9.17) is 4.74 Å². The fourth-order valence-electron chi connectivity index (χ4n) is 4.16. The monoisotopic (exact) mass is 410 g/mol. The van der Waals surface area contributed by atoms with Gasteiger partial charge in [-0.15, -0.1) is 6.58 Å². The number of halogens is 3. The Bertz CT molecular complexity index is 1090. The summed E-state index contributed by atoms with van der Waals surface area (Å²) in [5, 5.41) is 0.886. The normalized spacial score (nSPS) is 18.9. The zero-order valence-corrected chi connectivity index (χ0v) is 16.3. The standard InChI is InChI=1S/C25H21F3O2/c1-2-15-6-8-16(9-7-15)18-13-22(27)24(23(28)14-18)25(29)30-19-10-11-20-17(12-19)4-3-5-21(20)26/h2-5,10-16H,1,6-9H2. The van der Waals surface area contributed by atoms with Crippen LogP contribution in [0, 0.1) is 23.4 Å². The highest BCUT2D eigenvalue weighted by molar-refractivity contribution is 5.92. The molecule has 0 N–H and O–H groups in total. The largest absolute Gasteiger partial charge is 0.423 e. The quantitative estimate of drug-likeness (QED) is 0.265. The third kappa shape index (κ3) is 3.97. The molecule has 0 amide bonds. The fourth-order valence-corrected chi connectivity index (χ4v) is 4.16. The van der Waals surface area contributed by atoms with Crippen LogP contribution < -0.4 is 4.74 Å². The lowest BCUT2D eigenvalue weighted by Crippen LogP contribution is -2.16. The molecule has 0 atom stereocenters. The van der Waals surface area contributed by atoms with Crippen molar-refractivity contribution in [2.75, 3.05) is 0 Å². The van der Waals surface area contributed by atoms with E-state index in [0.717, 1.165) is 25.7 Å². The number of allylic oxidation sites excluding steroid dienone is 1. The van der Waals surface area contributed by atoms with E-state index < -0.39 is 29.0 Å². The first-order valence-electron chi connectivity index (χ1n) is 9.98. The van der Waals surface area contributed by atoms with Crippen LogP contribution in [0.5, 0.6) is 5.75 Å². The molecule has 0 unspecified atom stereocenters. The third-order valence-corrected chi connectivity index (χ3v) is 5.85. The van der Waals surface area contributed by atoms with Gasteiger partial charge in [0.25, 0.3) is 0 Å². The maximum Gasteiger partial charge on any atom is 0.349 e. The minimum absolute atomic E-state index is 0.0608. The molecule has 0 aromatic heterocycles. The van der Waals surface area contributed by atoms with Gasteiger partial charge in [0.15, 0.2) is 0 Å². The van der Waals surface area contributed by atoms with Crippen molar-refractivity contribution in [3.05, 3.63) is 89.8 Å². The van der Waals surface area contributed by atoms with Crippen molar-refractivity contribution in [2.45, 2.75) is 31.6 Å². The molecular weight excluding hydrogens is 389 g/mol. The van der Waals surface area contributed by atoms with Gasteiger partial charge >= 0.3 is 5.97 Å². The Morgan fingerprint density at radius 2 is 1.63 bits per heavy atom. The van der Waals surface area contributed by atoms with Crippen LogP contribution in [-0.4, -0.2) is 5.97 Å². The van der Waals surface area contributed by atoms with Crippen molar-refractivity contribution in [1.29, 1.82) is 0 Å². The molecule has 0 spiro atoms. The van der Waals surface area contributed by atoms with Crippen LogP contribution in [-0.2, 0) is 0 Å². The minimum Gasteiger partial charge on any atom is -0.423 e. The highest BCUT2D eigenvalue weighted by Crippen LogP contribution is 2.37. The van der Waals surface area contributed by atoms with Crippen LogP contribution in [0.1, 0.15) is 47.5 Å². The molecule has 1 aliphatic rings. The summed E-state index contributed by atoms with van der Waals surface area (Å²) in [6.45, 7) is 3.81. The molecule has 1 aliphatic carbocycles. The summed E-state index contributed by atoms with van der Waals surface area (Å²) >= 11 is 0. The lowest BCUT2D eigenvalue weighted by Gasteiger charge is -2.27. The summed E-state index contributed by atoms with van der Waals surface area (Å²) < 4.78 is 48.3. The Kier molecular flexibility index (Phi) is 5.62. The number of esters is 1. The van der Waals surface area contributed by atoms with Gasteiger partial charge in [0.1, 0.15) is 28.8 Å². The molecule has 30 heavy (non-hydrogen) atoms. The summed E-state index contributed by atoms with van der Waals surface area (Å²) in [4.78, 5) is 12.4. The van der Waals surface area contributed by atoms with Gasteiger partial charge in [0.05, 0.1) is 0 Å². The average molecular weight is 410 g/mol. The molecule has 4 rings (SSSR count). The second kappa shape index (κ2) is 8.34. The maximum atomic E-state index is 14.7. The van der Waals surface area contributed by atoms with Gasteiger partial charge in [0.2, 0.25) is 0 Å². The number of rotatable bonds is 4. The van der Waals surface area contributed by atoms with Crippen molar-refractivity contribution in [2.24, 2.45) is 5.92 Å². The number of fused-ring (bicyclic) bond motifs is 1. The Hall–Kier alpha value is -3.08. The Morgan fingerprint density at radius 3 is 2.30 bits per heavy atom. The van der Waals surface area contributed by atoms with Crippen LogP contribution >= 0.6 is 0 Å². The van der Waals surface area contributed by atoms with E-state index in [9.17, 15) is 18.0 Å². The van der Waals surface area contributed by atoms with E-state index in [0.29, 0.717) is 22.3 Å². The van der Waals surface area contributed by atoms with Gasteiger partial charge in [-0.25, -0.2) is 18.0 Å². The average Bonchev–Trinajstić information content (AvgIpc) is 2.73. The first-order chi connectivity index (χ1) is 14.5. The molecule has 0 heterocycles. The lowest BCUT2D eigenvalue weighted by atomic mass is 9.78. The number of hydrogen-bond donors (Lipinski definition) is 0. The molecule has 2 nitrogen and oxygen atoms in total. The molecule has 0 radical (unpaired) electrons. The molecule has 3 aromatic carbocycles. The van der Waals surface area contributed by atoms with Gasteiger partial charge in [-0.05, 0) is 84.9 Å². The number of carbonyl (C=O) groups excluding carboxylic acids is 1. The van der Waals surface area contributed by atoms with Crippen LogP contribution in [0.3, 0.4) is 0 Å². The predicted octanol–water partition coefficient (Wildman–Crippen LogP) is 6.94. The van der Waals surface area contributed by atoms with Crippen molar-refractivity contribution in [3.63, 3.8) is 0 Å². The Labute approximate surface area is 173 Å². The molecule has 0 bridgehead atoms. The van der Waals surface area contributed by atoms with Crippen LogP contribution in [0.2, 0.25) is 0 Å². The summed E-state index contributed by atoms with van der Waals surface area (Å²) in [5.41, 5.74) is -0.164. The summed E-state index contributed by atoms with van der Waals surface area (Å²) in [7, 11) is 0. The fraction of sp³-hybridized carbons (Fsp3) is 0.240. The Balaban J connectivity index is 1.55. The first-order valence-corrected chi connectivity index (χ1v) is 9.98. The van der Waals surface area contributed by atoms with Gasteiger partial charge < -0.3 is 4.74 Å². The van der Waals surface area contributed by atoms with E-state index >= 15 is 0 Å². The van der Waals surface area contributed by atoms with Gasteiger partial charge in [-0.1, -0.05) is 18.2 Å². The third-order valence-electron chi connectivity index (χ3n) is 5.85. The molecule has 5 heteroatoms. The molecular formula is C25H21F3O2.